The molecule has 11 heteroatoms. The van der Waals surface area contributed by atoms with Gasteiger partial charge >= 0.3 is 0 Å². The second-order valence-electron chi connectivity index (χ2n) is 7.09. The van der Waals surface area contributed by atoms with E-state index in [1.807, 2.05) is 6.92 Å². The van der Waals surface area contributed by atoms with Gasteiger partial charge in [-0.05, 0) is 49.4 Å². The molecule has 0 spiro atoms. The maximum atomic E-state index is 12.9. The van der Waals surface area contributed by atoms with Gasteiger partial charge in [0.25, 0.3) is 5.91 Å². The fourth-order valence-corrected chi connectivity index (χ4v) is 5.41. The van der Waals surface area contributed by atoms with E-state index in [1.54, 1.807) is 19.9 Å². The zero-order valence-corrected chi connectivity index (χ0v) is 20.5. The summed E-state index contributed by atoms with van der Waals surface area (Å²) in [4.78, 5) is 13.0. The summed E-state index contributed by atoms with van der Waals surface area (Å²) in [5.41, 5.74) is 1.13. The first-order valence-corrected chi connectivity index (χ1v) is 13.1. The van der Waals surface area contributed by atoms with E-state index in [9.17, 15) is 21.6 Å². The first-order chi connectivity index (χ1) is 15.0. The number of sulfonamides is 2. The molecule has 0 unspecified atom stereocenters. The molecular weight excluding hydrogens is 452 g/mol. The zero-order chi connectivity index (χ0) is 24.1. The molecule has 2 aromatic carbocycles. The Kier molecular flexibility index (Phi) is 8.41. The molecule has 1 amide bonds. The molecule has 9 nitrogen and oxygen atoms in total. The van der Waals surface area contributed by atoms with Gasteiger partial charge in [-0.1, -0.05) is 13.8 Å². The highest BCUT2D eigenvalue weighted by molar-refractivity contribution is 7.89. The van der Waals surface area contributed by atoms with Crippen molar-refractivity contribution >= 4 is 37.3 Å². The summed E-state index contributed by atoms with van der Waals surface area (Å²) in [6.07, 6.45) is 0. The molecule has 0 aromatic heterocycles. The molecule has 0 saturated heterocycles. The van der Waals surface area contributed by atoms with Gasteiger partial charge in [-0.3, -0.25) is 4.79 Å². The van der Waals surface area contributed by atoms with E-state index in [2.05, 4.69) is 10.6 Å². The number of amides is 1. The van der Waals surface area contributed by atoms with Crippen molar-refractivity contribution in [1.29, 1.82) is 0 Å². The number of hydrogen-bond acceptors (Lipinski definition) is 6. The molecule has 176 valence electrons. The van der Waals surface area contributed by atoms with Crippen molar-refractivity contribution in [2.45, 2.75) is 30.6 Å². The van der Waals surface area contributed by atoms with E-state index in [1.165, 1.54) is 54.8 Å². The van der Waals surface area contributed by atoms with Crippen LogP contribution in [0.2, 0.25) is 0 Å². The van der Waals surface area contributed by atoms with Crippen LogP contribution < -0.4 is 10.6 Å². The van der Waals surface area contributed by atoms with Gasteiger partial charge in [0.1, 0.15) is 0 Å². The molecule has 2 aromatic rings. The van der Waals surface area contributed by atoms with Crippen LogP contribution in [0.3, 0.4) is 0 Å². The van der Waals surface area contributed by atoms with Crippen LogP contribution in [0.5, 0.6) is 0 Å². The number of nitrogens with one attached hydrogen (secondary N) is 2. The van der Waals surface area contributed by atoms with Crippen LogP contribution in [-0.4, -0.2) is 65.1 Å². The van der Waals surface area contributed by atoms with E-state index in [0.717, 1.165) is 4.31 Å². The Morgan fingerprint density at radius 3 is 1.88 bits per heavy atom. The third-order valence-electron chi connectivity index (χ3n) is 4.84. The average Bonchev–Trinajstić information content (AvgIpc) is 2.75. The van der Waals surface area contributed by atoms with Gasteiger partial charge in [0.05, 0.1) is 21.2 Å². The van der Waals surface area contributed by atoms with Crippen LogP contribution in [0.4, 0.5) is 11.4 Å². The van der Waals surface area contributed by atoms with E-state index >= 15 is 0 Å². The molecule has 2 N–H and O–H groups in total. The van der Waals surface area contributed by atoms with E-state index < -0.39 is 26.0 Å². The molecule has 0 bridgehead atoms. The van der Waals surface area contributed by atoms with Crippen molar-refractivity contribution in [3.8, 4) is 0 Å². The third kappa shape index (κ3) is 5.47. The van der Waals surface area contributed by atoms with Gasteiger partial charge in [0, 0.05) is 39.3 Å². The molecule has 0 aliphatic rings. The zero-order valence-electron chi connectivity index (χ0n) is 18.9. The van der Waals surface area contributed by atoms with Crippen LogP contribution in [0, 0.1) is 0 Å². The van der Waals surface area contributed by atoms with Crippen LogP contribution in [-0.2, 0) is 20.0 Å². The Morgan fingerprint density at radius 1 is 0.812 bits per heavy atom. The summed E-state index contributed by atoms with van der Waals surface area (Å²) >= 11 is 0. The molecule has 32 heavy (non-hydrogen) atoms. The minimum atomic E-state index is -3.70. The number of benzene rings is 2. The minimum Gasteiger partial charge on any atom is -0.384 e. The topological polar surface area (TPSA) is 116 Å². The molecule has 2 rings (SSSR count). The standard InChI is InChI=1S/C21H30N4O5S2/c1-6-22-19-14-13-18(32(29,30)25(7-2)8-3)15-20(19)23-21(26)16-9-11-17(12-10-16)31(27,28)24(4)5/h9-15,22H,6-8H2,1-5H3,(H,23,26). The highest BCUT2D eigenvalue weighted by Gasteiger charge is 2.23. The van der Waals surface area contributed by atoms with Crippen molar-refractivity contribution in [2.24, 2.45) is 0 Å². The predicted octanol–water partition coefficient (Wildman–Crippen LogP) is 2.65. The van der Waals surface area contributed by atoms with Crippen LogP contribution in [0.1, 0.15) is 31.1 Å². The maximum Gasteiger partial charge on any atom is 0.255 e. The fourth-order valence-electron chi connectivity index (χ4n) is 3.03. The minimum absolute atomic E-state index is 0.0692. The van der Waals surface area contributed by atoms with Gasteiger partial charge < -0.3 is 10.6 Å². The second kappa shape index (κ2) is 10.4. The van der Waals surface area contributed by atoms with E-state index in [0.29, 0.717) is 31.0 Å². The van der Waals surface area contributed by atoms with Gasteiger partial charge in [-0.15, -0.1) is 0 Å². The Hall–Kier alpha value is -2.47. The molecule has 0 aliphatic heterocycles. The Labute approximate surface area is 190 Å². The number of hydrogen-bond donors (Lipinski definition) is 2. The number of nitrogens with zero attached hydrogens (tertiary/aromatic N) is 2. The molecule has 0 saturated carbocycles. The van der Waals surface area contributed by atoms with Crippen LogP contribution in [0.15, 0.2) is 52.3 Å². The molecular formula is C21H30N4O5S2. The van der Waals surface area contributed by atoms with Gasteiger partial charge in [0.15, 0.2) is 0 Å². The van der Waals surface area contributed by atoms with Gasteiger partial charge in [-0.2, -0.15) is 4.31 Å². The van der Waals surface area contributed by atoms with Crippen LogP contribution in [0.25, 0.3) is 0 Å². The largest absolute Gasteiger partial charge is 0.384 e. The lowest BCUT2D eigenvalue weighted by atomic mass is 10.2. The molecule has 0 atom stereocenters. The molecule has 0 aliphatic carbocycles. The van der Waals surface area contributed by atoms with Gasteiger partial charge in [0.2, 0.25) is 20.0 Å². The van der Waals surface area contributed by atoms with E-state index in [4.69, 9.17) is 0 Å². The smallest absolute Gasteiger partial charge is 0.255 e. The lowest BCUT2D eigenvalue weighted by molar-refractivity contribution is 0.102. The van der Waals surface area contributed by atoms with Crippen molar-refractivity contribution in [3.05, 3.63) is 48.0 Å². The lowest BCUT2D eigenvalue weighted by Crippen LogP contribution is -2.30. The number of carbonyl (C=O) groups is 1. The summed E-state index contributed by atoms with van der Waals surface area (Å²) in [6, 6.07) is 10.1. The Morgan fingerprint density at radius 2 is 1.38 bits per heavy atom. The fraction of sp³-hybridized carbons (Fsp3) is 0.381. The van der Waals surface area contributed by atoms with Crippen molar-refractivity contribution < 1.29 is 21.6 Å². The maximum absolute atomic E-state index is 12.9. The summed E-state index contributed by atoms with van der Waals surface area (Å²) in [6.45, 7) is 6.64. The monoisotopic (exact) mass is 482 g/mol. The van der Waals surface area contributed by atoms with Crippen LogP contribution >= 0.6 is 0 Å². The van der Waals surface area contributed by atoms with Gasteiger partial charge in [-0.25, -0.2) is 21.1 Å². The molecule has 0 heterocycles. The summed E-state index contributed by atoms with van der Waals surface area (Å²) in [5.74, 6) is -0.490. The first-order valence-electron chi connectivity index (χ1n) is 10.2. The summed E-state index contributed by atoms with van der Waals surface area (Å²) < 4.78 is 52.6. The van der Waals surface area contributed by atoms with Crippen molar-refractivity contribution in [3.63, 3.8) is 0 Å². The van der Waals surface area contributed by atoms with Crippen molar-refractivity contribution in [2.75, 3.05) is 44.4 Å². The Bertz CT molecular complexity index is 1160. The quantitative estimate of drug-likeness (QED) is 0.538. The summed E-state index contributed by atoms with van der Waals surface area (Å²) in [7, 11) is -4.45. The highest BCUT2D eigenvalue weighted by Crippen LogP contribution is 2.28. The molecule has 0 fully saturated rings. The summed E-state index contributed by atoms with van der Waals surface area (Å²) in [5, 5.41) is 5.84. The highest BCUT2D eigenvalue weighted by atomic mass is 32.2. The number of carbonyl (C=O) groups excluding carboxylic acids is 1. The number of rotatable bonds is 10. The number of anilines is 2. The third-order valence-corrected chi connectivity index (χ3v) is 8.72. The lowest BCUT2D eigenvalue weighted by Gasteiger charge is -2.20. The van der Waals surface area contributed by atoms with E-state index in [-0.39, 0.29) is 15.4 Å². The average molecular weight is 483 g/mol. The normalized spacial score (nSPS) is 12.2. The predicted molar refractivity (Wildman–Crippen MR) is 126 cm³/mol. The first kappa shape index (κ1) is 25.8. The molecule has 0 radical (unpaired) electrons. The second-order valence-corrected chi connectivity index (χ2v) is 11.2. The Balaban J connectivity index is 2.39. The SMILES string of the molecule is CCNc1ccc(S(=O)(=O)N(CC)CC)cc1NC(=O)c1ccc(S(=O)(=O)N(C)C)cc1. The van der Waals surface area contributed by atoms with Crippen molar-refractivity contribution in [1.82, 2.24) is 8.61 Å².